The minimum absolute atomic E-state index is 0.0234. The van der Waals surface area contributed by atoms with Gasteiger partial charge in [0.05, 0.1) is 12.7 Å². The molecule has 2 aromatic carbocycles. The van der Waals surface area contributed by atoms with Crippen molar-refractivity contribution < 1.29 is 22.7 Å². The van der Waals surface area contributed by atoms with Gasteiger partial charge in [-0.05, 0) is 30.3 Å². The number of hydrogen-bond acceptors (Lipinski definition) is 3. The van der Waals surface area contributed by atoms with E-state index in [1.807, 2.05) is 0 Å². The summed E-state index contributed by atoms with van der Waals surface area (Å²) in [6, 6.07) is 12.1. The van der Waals surface area contributed by atoms with Crippen molar-refractivity contribution in [3.8, 4) is 5.75 Å². The molecule has 0 unspecified atom stereocenters. The molecule has 0 saturated heterocycles. The van der Waals surface area contributed by atoms with Crippen molar-refractivity contribution in [2.75, 3.05) is 7.11 Å². The van der Waals surface area contributed by atoms with E-state index in [9.17, 15) is 13.2 Å². The fraction of sp³-hybridized carbons (Fsp3) is 0.188. The number of ether oxygens (including phenoxy) is 1. The smallest absolute Gasteiger partial charge is 0.416 e. The molecule has 3 nitrogen and oxygen atoms in total. The van der Waals surface area contributed by atoms with Crippen LogP contribution >= 0.6 is 0 Å². The largest absolute Gasteiger partial charge is 0.497 e. The second-order valence-corrected chi connectivity index (χ2v) is 4.36. The van der Waals surface area contributed by atoms with Crippen molar-refractivity contribution in [1.82, 2.24) is 0 Å². The molecule has 0 N–H and O–H groups in total. The molecular weight excluding hydrogens is 295 g/mol. The van der Waals surface area contributed by atoms with Crippen LogP contribution in [0.15, 0.2) is 53.7 Å². The highest BCUT2D eigenvalue weighted by atomic mass is 19.4. The van der Waals surface area contributed by atoms with Crippen LogP contribution in [0.3, 0.4) is 0 Å². The van der Waals surface area contributed by atoms with Crippen LogP contribution in [0.2, 0.25) is 0 Å². The Bertz CT molecular complexity index is 637. The topological polar surface area (TPSA) is 30.8 Å². The summed E-state index contributed by atoms with van der Waals surface area (Å²) in [6.07, 6.45) is -1.82. The molecule has 1 radical (unpaired) electrons. The summed E-state index contributed by atoms with van der Waals surface area (Å²) in [4.78, 5) is 4.90. The van der Waals surface area contributed by atoms with Crippen LogP contribution in [-0.2, 0) is 17.6 Å². The number of methoxy groups -OCH3 is 1. The summed E-state index contributed by atoms with van der Waals surface area (Å²) in [5, 5.41) is 3.56. The van der Waals surface area contributed by atoms with Gasteiger partial charge in [0.1, 0.15) is 18.6 Å². The van der Waals surface area contributed by atoms with Gasteiger partial charge < -0.3 is 9.57 Å². The predicted molar refractivity (Wildman–Crippen MR) is 75.8 cm³/mol. The summed E-state index contributed by atoms with van der Waals surface area (Å²) in [5.74, 6) is 0.686. The lowest BCUT2D eigenvalue weighted by Crippen LogP contribution is -2.09. The highest BCUT2D eigenvalue weighted by molar-refractivity contribution is 5.79. The van der Waals surface area contributed by atoms with Gasteiger partial charge in [0.2, 0.25) is 0 Å². The van der Waals surface area contributed by atoms with Gasteiger partial charge in [-0.15, -0.1) is 0 Å². The summed E-state index contributed by atoms with van der Waals surface area (Å²) in [6.45, 7) is -0.279. The van der Waals surface area contributed by atoms with Crippen molar-refractivity contribution in [2.24, 2.45) is 5.16 Å². The average Bonchev–Trinajstić information content (AvgIpc) is 2.51. The van der Waals surface area contributed by atoms with Gasteiger partial charge in [-0.25, -0.2) is 0 Å². The lowest BCUT2D eigenvalue weighted by Gasteiger charge is -2.11. The quantitative estimate of drug-likeness (QED) is 0.614. The van der Waals surface area contributed by atoms with Gasteiger partial charge in [-0.2, -0.15) is 13.2 Å². The zero-order chi connectivity index (χ0) is 16.0. The van der Waals surface area contributed by atoms with Crippen LogP contribution in [0, 0.1) is 0 Å². The number of nitrogens with zero attached hydrogens (tertiary/aromatic N) is 1. The van der Waals surface area contributed by atoms with E-state index in [1.165, 1.54) is 18.2 Å². The van der Waals surface area contributed by atoms with Crippen molar-refractivity contribution in [2.45, 2.75) is 12.8 Å². The van der Waals surface area contributed by atoms with Crippen molar-refractivity contribution in [3.05, 3.63) is 65.2 Å². The van der Waals surface area contributed by atoms with Crippen LogP contribution in [0.25, 0.3) is 0 Å². The minimum atomic E-state index is -4.41. The number of rotatable bonds is 5. The number of benzene rings is 2. The Balaban J connectivity index is 1.97. The first-order valence-electron chi connectivity index (χ1n) is 6.38. The van der Waals surface area contributed by atoms with E-state index in [2.05, 4.69) is 11.4 Å². The number of hydrogen-bond donors (Lipinski definition) is 0. The summed E-state index contributed by atoms with van der Waals surface area (Å²) >= 11 is 0. The Morgan fingerprint density at radius 2 is 1.73 bits per heavy atom. The van der Waals surface area contributed by atoms with Crippen LogP contribution < -0.4 is 4.74 Å². The fourth-order valence-electron chi connectivity index (χ4n) is 1.78. The Labute approximate surface area is 126 Å². The predicted octanol–water partition coefficient (Wildman–Crippen LogP) is 4.14. The molecule has 6 heteroatoms. The van der Waals surface area contributed by atoms with Crippen molar-refractivity contribution in [1.29, 1.82) is 0 Å². The molecule has 0 bridgehead atoms. The van der Waals surface area contributed by atoms with Gasteiger partial charge in [-0.3, -0.25) is 0 Å². The summed E-state index contributed by atoms with van der Waals surface area (Å²) in [5.41, 5.74) is -0.0742. The first-order chi connectivity index (χ1) is 10.5. The van der Waals surface area contributed by atoms with E-state index in [0.29, 0.717) is 11.3 Å². The fourth-order valence-corrected chi connectivity index (χ4v) is 1.78. The third-order valence-corrected chi connectivity index (χ3v) is 2.87. The molecule has 0 aliphatic rings. The molecule has 0 spiro atoms. The molecule has 0 aliphatic carbocycles. The molecule has 2 aromatic rings. The van der Waals surface area contributed by atoms with Gasteiger partial charge in [-0.1, -0.05) is 23.4 Å². The minimum Gasteiger partial charge on any atom is -0.497 e. The summed E-state index contributed by atoms with van der Waals surface area (Å²) < 4.78 is 43.3. The molecule has 0 aliphatic heterocycles. The molecule has 2 rings (SSSR count). The molecule has 0 saturated carbocycles. The Morgan fingerprint density at radius 3 is 2.36 bits per heavy atom. The maximum absolute atomic E-state index is 12.8. The first-order valence-corrected chi connectivity index (χ1v) is 6.38. The molecule has 0 heterocycles. The Hall–Kier alpha value is -2.50. The van der Waals surface area contributed by atoms with E-state index in [0.717, 1.165) is 6.07 Å². The van der Waals surface area contributed by atoms with Crippen molar-refractivity contribution >= 4 is 6.21 Å². The van der Waals surface area contributed by atoms with Crippen LogP contribution in [0.1, 0.15) is 16.7 Å². The maximum Gasteiger partial charge on any atom is 0.416 e. The van der Waals surface area contributed by atoms with E-state index < -0.39 is 11.7 Å². The van der Waals surface area contributed by atoms with Crippen LogP contribution in [0.5, 0.6) is 5.75 Å². The van der Waals surface area contributed by atoms with Gasteiger partial charge in [0.15, 0.2) is 0 Å². The van der Waals surface area contributed by atoms with Gasteiger partial charge in [0.25, 0.3) is 0 Å². The summed E-state index contributed by atoms with van der Waals surface area (Å²) in [7, 11) is 1.55. The van der Waals surface area contributed by atoms with E-state index in [1.54, 1.807) is 31.4 Å². The maximum atomic E-state index is 12.8. The number of halogens is 3. The third kappa shape index (κ3) is 4.25. The van der Waals surface area contributed by atoms with Crippen molar-refractivity contribution in [3.63, 3.8) is 0 Å². The molecular formula is C16H13F3NO2. The highest BCUT2D eigenvalue weighted by Gasteiger charge is 2.32. The highest BCUT2D eigenvalue weighted by Crippen LogP contribution is 2.32. The molecule has 0 aromatic heterocycles. The standard InChI is InChI=1S/C16H13F3NO2/c1-21-14-8-6-12(7-9-14)10-20-22-11-13-4-2-3-5-15(13)16(17,18)19/h2-9H,11H2,1H3. The Morgan fingerprint density at radius 1 is 1.05 bits per heavy atom. The average molecular weight is 308 g/mol. The van der Waals surface area contributed by atoms with E-state index in [-0.39, 0.29) is 12.2 Å². The SMILES string of the molecule is COc1ccc([C]=NOCc2ccccc2C(F)(F)F)cc1. The third-order valence-electron chi connectivity index (χ3n) is 2.87. The number of alkyl halides is 3. The zero-order valence-corrected chi connectivity index (χ0v) is 11.7. The van der Waals surface area contributed by atoms with E-state index in [4.69, 9.17) is 9.57 Å². The van der Waals surface area contributed by atoms with E-state index >= 15 is 0 Å². The molecule has 0 atom stereocenters. The Kier molecular flexibility index (Phi) is 5.04. The zero-order valence-electron chi connectivity index (χ0n) is 11.7. The molecule has 0 fully saturated rings. The lowest BCUT2D eigenvalue weighted by atomic mass is 10.1. The molecule has 115 valence electrons. The van der Waals surface area contributed by atoms with Crippen LogP contribution in [-0.4, -0.2) is 13.3 Å². The van der Waals surface area contributed by atoms with Gasteiger partial charge in [0, 0.05) is 11.1 Å². The second kappa shape index (κ2) is 6.98. The normalized spacial score (nSPS) is 11.6. The second-order valence-electron chi connectivity index (χ2n) is 4.36. The monoisotopic (exact) mass is 308 g/mol. The van der Waals surface area contributed by atoms with Gasteiger partial charge >= 0.3 is 6.18 Å². The molecule has 22 heavy (non-hydrogen) atoms. The van der Waals surface area contributed by atoms with Crippen LogP contribution in [0.4, 0.5) is 13.2 Å². The molecule has 0 amide bonds. The first kappa shape index (κ1) is 15.9. The lowest BCUT2D eigenvalue weighted by molar-refractivity contribution is -0.138.